The molecule has 0 fully saturated rings. The van der Waals surface area contributed by atoms with Crippen molar-refractivity contribution in [3.05, 3.63) is 0 Å². The molecule has 0 aliphatic heterocycles. The number of nitrogens with one attached hydrogen (secondary N) is 1. The van der Waals surface area contributed by atoms with Crippen LogP contribution in [0.1, 0.15) is 47.5 Å². The average Bonchev–Trinajstić information content (AvgIpc) is 2.33. The molecule has 0 aromatic carbocycles. The van der Waals surface area contributed by atoms with E-state index in [9.17, 15) is 4.79 Å². The van der Waals surface area contributed by atoms with E-state index in [2.05, 4.69) is 5.32 Å². The monoisotopic (exact) mass is 291 g/mol. The summed E-state index contributed by atoms with van der Waals surface area (Å²) in [5, 5.41) is 12.5. The molecule has 0 amide bonds. The van der Waals surface area contributed by atoms with Crippen molar-refractivity contribution < 1.29 is 14.6 Å². The van der Waals surface area contributed by atoms with Gasteiger partial charge in [-0.3, -0.25) is 10.1 Å². The van der Waals surface area contributed by atoms with Crippen LogP contribution in [0.2, 0.25) is 0 Å². The SMILES string of the molecule is CCOC(=O)C(C)(CCCSC(C)CO)NC(C)C. The van der Waals surface area contributed by atoms with E-state index in [-0.39, 0.29) is 23.9 Å². The van der Waals surface area contributed by atoms with Gasteiger partial charge in [0.1, 0.15) is 5.54 Å². The van der Waals surface area contributed by atoms with Gasteiger partial charge >= 0.3 is 5.97 Å². The lowest BCUT2D eigenvalue weighted by atomic mass is 9.95. The molecule has 114 valence electrons. The zero-order chi connectivity index (χ0) is 14.9. The molecule has 2 N–H and O–H groups in total. The molecule has 0 aliphatic rings. The third-order valence-electron chi connectivity index (χ3n) is 2.81. The minimum absolute atomic E-state index is 0.177. The molecule has 0 aromatic rings. The Labute approximate surface area is 121 Å². The minimum Gasteiger partial charge on any atom is -0.465 e. The molecular formula is C14H29NO3S. The van der Waals surface area contributed by atoms with Crippen molar-refractivity contribution in [3.8, 4) is 0 Å². The van der Waals surface area contributed by atoms with E-state index < -0.39 is 5.54 Å². The van der Waals surface area contributed by atoms with Crippen molar-refractivity contribution in [1.82, 2.24) is 5.32 Å². The van der Waals surface area contributed by atoms with Gasteiger partial charge in [-0.25, -0.2) is 0 Å². The highest BCUT2D eigenvalue weighted by Gasteiger charge is 2.34. The normalized spacial score (nSPS) is 16.2. The molecule has 5 heteroatoms. The quantitative estimate of drug-likeness (QED) is 0.477. The first-order valence-electron chi connectivity index (χ1n) is 7.03. The zero-order valence-electron chi connectivity index (χ0n) is 12.9. The van der Waals surface area contributed by atoms with E-state index in [0.29, 0.717) is 6.61 Å². The predicted molar refractivity (Wildman–Crippen MR) is 81.5 cm³/mol. The fourth-order valence-electron chi connectivity index (χ4n) is 1.92. The molecule has 19 heavy (non-hydrogen) atoms. The third kappa shape index (κ3) is 7.80. The van der Waals surface area contributed by atoms with Crippen molar-refractivity contribution in [2.24, 2.45) is 0 Å². The lowest BCUT2D eigenvalue weighted by Gasteiger charge is -2.30. The van der Waals surface area contributed by atoms with Gasteiger partial charge in [-0.15, -0.1) is 0 Å². The number of rotatable bonds is 10. The molecule has 0 saturated heterocycles. The van der Waals surface area contributed by atoms with E-state index in [1.165, 1.54) is 0 Å². The van der Waals surface area contributed by atoms with Gasteiger partial charge in [0.25, 0.3) is 0 Å². The topological polar surface area (TPSA) is 58.6 Å². The number of aliphatic hydroxyl groups excluding tert-OH is 1. The molecule has 0 heterocycles. The minimum atomic E-state index is -0.618. The second-order valence-electron chi connectivity index (χ2n) is 5.32. The van der Waals surface area contributed by atoms with E-state index >= 15 is 0 Å². The Kier molecular flexibility index (Phi) is 9.48. The summed E-state index contributed by atoms with van der Waals surface area (Å²) in [7, 11) is 0. The fourth-order valence-corrected chi connectivity index (χ4v) is 2.74. The van der Waals surface area contributed by atoms with Crippen LogP contribution in [0.4, 0.5) is 0 Å². The van der Waals surface area contributed by atoms with Crippen LogP contribution < -0.4 is 5.32 Å². The Hall–Kier alpha value is -0.260. The zero-order valence-corrected chi connectivity index (χ0v) is 13.7. The number of thioether (sulfide) groups is 1. The number of ether oxygens (including phenoxy) is 1. The first-order valence-corrected chi connectivity index (χ1v) is 8.08. The van der Waals surface area contributed by atoms with Crippen LogP contribution in [0.25, 0.3) is 0 Å². The van der Waals surface area contributed by atoms with E-state index in [0.717, 1.165) is 18.6 Å². The highest BCUT2D eigenvalue weighted by molar-refractivity contribution is 7.99. The highest BCUT2D eigenvalue weighted by Crippen LogP contribution is 2.19. The smallest absolute Gasteiger partial charge is 0.326 e. The molecule has 2 atom stereocenters. The van der Waals surface area contributed by atoms with Crippen LogP contribution in [0.3, 0.4) is 0 Å². The van der Waals surface area contributed by atoms with Gasteiger partial charge in [-0.2, -0.15) is 11.8 Å². The first-order chi connectivity index (χ1) is 8.85. The summed E-state index contributed by atoms with van der Waals surface area (Å²) in [5.74, 6) is 0.764. The Bertz CT molecular complexity index is 261. The largest absolute Gasteiger partial charge is 0.465 e. The summed E-state index contributed by atoms with van der Waals surface area (Å²) in [4.78, 5) is 12.1. The lowest BCUT2D eigenvalue weighted by molar-refractivity contribution is -0.151. The number of carbonyl (C=O) groups excluding carboxylic acids is 1. The van der Waals surface area contributed by atoms with E-state index in [1.54, 1.807) is 11.8 Å². The summed E-state index contributed by atoms with van der Waals surface area (Å²) in [6.45, 7) is 10.4. The number of esters is 1. The maximum Gasteiger partial charge on any atom is 0.326 e. The van der Waals surface area contributed by atoms with Crippen molar-refractivity contribution in [1.29, 1.82) is 0 Å². The molecule has 0 aromatic heterocycles. The van der Waals surface area contributed by atoms with Gasteiger partial charge in [0, 0.05) is 11.3 Å². The second kappa shape index (κ2) is 9.61. The van der Waals surface area contributed by atoms with Crippen LogP contribution in [-0.2, 0) is 9.53 Å². The number of aliphatic hydroxyl groups is 1. The van der Waals surface area contributed by atoms with Gasteiger partial charge in [-0.1, -0.05) is 6.92 Å². The van der Waals surface area contributed by atoms with Crippen molar-refractivity contribution >= 4 is 17.7 Å². The number of hydrogen-bond donors (Lipinski definition) is 2. The summed E-state index contributed by atoms with van der Waals surface area (Å²) in [5.41, 5.74) is -0.618. The molecular weight excluding hydrogens is 262 g/mol. The Morgan fingerprint density at radius 2 is 2.05 bits per heavy atom. The maximum atomic E-state index is 12.1. The molecule has 0 radical (unpaired) electrons. The Balaban J connectivity index is 4.31. The summed E-state index contributed by atoms with van der Waals surface area (Å²) < 4.78 is 5.16. The summed E-state index contributed by atoms with van der Waals surface area (Å²) in [6.07, 6.45) is 1.67. The van der Waals surface area contributed by atoms with Gasteiger partial charge in [0.2, 0.25) is 0 Å². The molecule has 0 saturated carbocycles. The number of carbonyl (C=O) groups is 1. The Morgan fingerprint density at radius 1 is 1.42 bits per heavy atom. The van der Waals surface area contributed by atoms with Gasteiger partial charge < -0.3 is 9.84 Å². The van der Waals surface area contributed by atoms with Crippen molar-refractivity contribution in [2.75, 3.05) is 19.0 Å². The van der Waals surface area contributed by atoms with Crippen LogP contribution in [0, 0.1) is 0 Å². The van der Waals surface area contributed by atoms with Gasteiger partial charge in [0.05, 0.1) is 13.2 Å². The molecule has 4 nitrogen and oxygen atoms in total. The van der Waals surface area contributed by atoms with E-state index in [1.807, 2.05) is 34.6 Å². The van der Waals surface area contributed by atoms with Gasteiger partial charge in [-0.05, 0) is 46.3 Å². The van der Waals surface area contributed by atoms with Crippen LogP contribution in [0.5, 0.6) is 0 Å². The van der Waals surface area contributed by atoms with Crippen LogP contribution in [0.15, 0.2) is 0 Å². The maximum absolute atomic E-state index is 12.1. The molecule has 0 bridgehead atoms. The summed E-state index contributed by atoms with van der Waals surface area (Å²) in [6, 6.07) is 0.235. The predicted octanol–water partition coefficient (Wildman–Crippen LogP) is 2.20. The highest BCUT2D eigenvalue weighted by atomic mass is 32.2. The van der Waals surface area contributed by atoms with Gasteiger partial charge in [0.15, 0.2) is 0 Å². The van der Waals surface area contributed by atoms with Crippen molar-refractivity contribution in [3.63, 3.8) is 0 Å². The molecule has 0 aliphatic carbocycles. The van der Waals surface area contributed by atoms with Crippen molar-refractivity contribution in [2.45, 2.75) is 64.3 Å². The lowest BCUT2D eigenvalue weighted by Crippen LogP contribution is -2.53. The summed E-state index contributed by atoms with van der Waals surface area (Å²) >= 11 is 1.73. The molecule has 2 unspecified atom stereocenters. The standard InChI is InChI=1S/C14H29NO3S/c1-6-18-13(17)14(5,15-11(2)3)8-7-9-19-12(4)10-16/h11-12,15-16H,6-10H2,1-5H3. The molecule has 0 rings (SSSR count). The van der Waals surface area contributed by atoms with Crippen LogP contribution in [-0.4, -0.2) is 46.9 Å². The Morgan fingerprint density at radius 3 is 2.53 bits per heavy atom. The number of hydrogen-bond acceptors (Lipinski definition) is 5. The third-order valence-corrected chi connectivity index (χ3v) is 4.06. The second-order valence-corrected chi connectivity index (χ2v) is 6.87. The molecule has 0 spiro atoms. The van der Waals surface area contributed by atoms with E-state index in [4.69, 9.17) is 9.84 Å². The van der Waals surface area contributed by atoms with Crippen LogP contribution >= 0.6 is 11.8 Å². The fraction of sp³-hybridized carbons (Fsp3) is 0.929. The average molecular weight is 291 g/mol. The first kappa shape index (κ1) is 18.7.